The molecule has 0 radical (unpaired) electrons. The summed E-state index contributed by atoms with van der Waals surface area (Å²) >= 11 is 0. The number of aromatic nitrogens is 1. The minimum Gasteiger partial charge on any atom is -0.495 e. The maximum Gasteiger partial charge on any atom is 0.141 e. The Morgan fingerprint density at radius 3 is 2.75 bits per heavy atom. The van der Waals surface area contributed by atoms with Crippen LogP contribution in [0.15, 0.2) is 18.3 Å². The predicted molar refractivity (Wildman–Crippen MR) is 78.5 cm³/mol. The number of nitrogens with zero attached hydrogens (tertiary/aromatic N) is 1. The highest BCUT2D eigenvalue weighted by Gasteiger charge is 2.67. The molecule has 4 rings (SSSR count). The van der Waals surface area contributed by atoms with E-state index in [2.05, 4.69) is 17.2 Å². The quantitative estimate of drug-likeness (QED) is 0.894. The zero-order valence-corrected chi connectivity index (χ0v) is 12.4. The molecule has 1 aromatic rings. The van der Waals surface area contributed by atoms with Gasteiger partial charge < -0.3 is 10.1 Å². The number of nitrogens with one attached hydrogen (secondary N) is 1. The van der Waals surface area contributed by atoms with Gasteiger partial charge in [0.05, 0.1) is 18.8 Å². The van der Waals surface area contributed by atoms with E-state index in [4.69, 9.17) is 4.74 Å². The molecule has 0 aromatic carbocycles. The first-order valence-corrected chi connectivity index (χ1v) is 8.07. The zero-order chi connectivity index (χ0) is 13.7. The molecule has 5 unspecified atom stereocenters. The molecule has 20 heavy (non-hydrogen) atoms. The summed E-state index contributed by atoms with van der Waals surface area (Å²) in [6, 6.07) is 4.39. The van der Waals surface area contributed by atoms with E-state index in [1.165, 1.54) is 19.3 Å². The number of ether oxygens (including phenoxy) is 1. The fourth-order valence-electron chi connectivity index (χ4n) is 5.28. The Hall–Kier alpha value is -1.09. The third kappa shape index (κ3) is 1.72. The van der Waals surface area contributed by atoms with Gasteiger partial charge in [0.25, 0.3) is 0 Å². The average molecular weight is 272 g/mol. The Kier molecular flexibility index (Phi) is 2.99. The zero-order valence-electron chi connectivity index (χ0n) is 12.4. The van der Waals surface area contributed by atoms with Crippen LogP contribution in [0.5, 0.6) is 5.75 Å². The van der Waals surface area contributed by atoms with E-state index in [1.54, 1.807) is 7.11 Å². The first-order valence-electron chi connectivity index (χ1n) is 8.07. The summed E-state index contributed by atoms with van der Waals surface area (Å²) in [5, 5.41) is 3.69. The van der Waals surface area contributed by atoms with Crippen LogP contribution in [-0.2, 0) is 0 Å². The third-order valence-corrected chi connectivity index (χ3v) is 5.92. The lowest BCUT2D eigenvalue weighted by Gasteiger charge is -2.22. The summed E-state index contributed by atoms with van der Waals surface area (Å²) < 4.78 is 5.54. The van der Waals surface area contributed by atoms with Gasteiger partial charge in [-0.2, -0.15) is 0 Å². The molecule has 0 aliphatic heterocycles. The van der Waals surface area contributed by atoms with Crippen LogP contribution in [-0.4, -0.2) is 18.6 Å². The summed E-state index contributed by atoms with van der Waals surface area (Å²) in [6.07, 6.45) is 6.35. The lowest BCUT2D eigenvalue weighted by atomic mass is 9.95. The molecule has 5 atom stereocenters. The number of fused-ring (bicyclic) bond motifs is 5. The van der Waals surface area contributed by atoms with Crippen molar-refractivity contribution in [3.8, 4) is 5.75 Å². The van der Waals surface area contributed by atoms with Crippen LogP contribution in [0, 0.1) is 29.6 Å². The number of hydrogen-bond donors (Lipinski definition) is 1. The summed E-state index contributed by atoms with van der Waals surface area (Å²) in [5.41, 5.74) is 1.12. The molecular formula is C17H24N2O. The molecule has 0 saturated heterocycles. The highest BCUT2D eigenvalue weighted by atomic mass is 16.5. The second kappa shape index (κ2) is 4.73. The third-order valence-electron chi connectivity index (χ3n) is 5.92. The molecule has 3 heteroatoms. The van der Waals surface area contributed by atoms with Crippen molar-refractivity contribution in [2.45, 2.75) is 32.2 Å². The summed E-state index contributed by atoms with van der Waals surface area (Å²) in [7, 11) is 1.75. The molecule has 3 nitrogen and oxygen atoms in total. The largest absolute Gasteiger partial charge is 0.495 e. The van der Waals surface area contributed by atoms with E-state index >= 15 is 0 Å². The monoisotopic (exact) mass is 272 g/mol. The van der Waals surface area contributed by atoms with Gasteiger partial charge in [-0.05, 0) is 67.5 Å². The van der Waals surface area contributed by atoms with Crippen LogP contribution < -0.4 is 10.1 Å². The molecule has 1 N–H and O–H groups in total. The van der Waals surface area contributed by atoms with Gasteiger partial charge in [0.1, 0.15) is 5.75 Å². The first kappa shape index (κ1) is 12.6. The van der Waals surface area contributed by atoms with Crippen LogP contribution in [0.3, 0.4) is 0 Å². The normalized spacial score (nSPS) is 38.6. The minimum atomic E-state index is 0.384. The maximum atomic E-state index is 5.54. The van der Waals surface area contributed by atoms with E-state index in [1.807, 2.05) is 18.3 Å². The molecule has 3 fully saturated rings. The van der Waals surface area contributed by atoms with Crippen molar-refractivity contribution in [3.05, 3.63) is 24.0 Å². The van der Waals surface area contributed by atoms with E-state index in [9.17, 15) is 0 Å². The predicted octanol–water partition coefficient (Wildman–Crippen LogP) is 3.03. The number of hydrogen-bond acceptors (Lipinski definition) is 3. The van der Waals surface area contributed by atoms with Crippen LogP contribution >= 0.6 is 0 Å². The van der Waals surface area contributed by atoms with Gasteiger partial charge in [-0.25, -0.2) is 0 Å². The van der Waals surface area contributed by atoms with E-state index in [0.717, 1.165) is 47.6 Å². The SMILES string of the molecule is CCNC(c1ncccc1OC)C1C2C3CCC(C3)C21. The van der Waals surface area contributed by atoms with Crippen LogP contribution in [0.25, 0.3) is 0 Å². The smallest absolute Gasteiger partial charge is 0.141 e. The highest BCUT2D eigenvalue weighted by Crippen LogP contribution is 2.72. The first-order chi connectivity index (χ1) is 9.85. The summed E-state index contributed by atoms with van der Waals surface area (Å²) in [5.74, 6) is 5.67. The van der Waals surface area contributed by atoms with Gasteiger partial charge in [0.15, 0.2) is 0 Å². The molecule has 3 aliphatic carbocycles. The molecule has 2 bridgehead atoms. The molecule has 108 valence electrons. The average Bonchev–Trinajstić information content (AvgIpc) is 2.90. The van der Waals surface area contributed by atoms with E-state index < -0.39 is 0 Å². The van der Waals surface area contributed by atoms with Crippen LogP contribution in [0.4, 0.5) is 0 Å². The van der Waals surface area contributed by atoms with Crippen LogP contribution in [0.2, 0.25) is 0 Å². The molecule has 0 amide bonds. The molecule has 3 aliphatic rings. The summed E-state index contributed by atoms with van der Waals surface area (Å²) in [4.78, 5) is 4.64. The van der Waals surface area contributed by atoms with Gasteiger partial charge in [-0.1, -0.05) is 6.92 Å². The van der Waals surface area contributed by atoms with Crippen molar-refractivity contribution < 1.29 is 4.74 Å². The van der Waals surface area contributed by atoms with E-state index in [0.29, 0.717) is 6.04 Å². The molecule has 0 spiro atoms. The van der Waals surface area contributed by atoms with E-state index in [-0.39, 0.29) is 0 Å². The Morgan fingerprint density at radius 1 is 1.35 bits per heavy atom. The Balaban J connectivity index is 1.63. The van der Waals surface area contributed by atoms with Crippen molar-refractivity contribution in [2.75, 3.05) is 13.7 Å². The van der Waals surface area contributed by atoms with Crippen molar-refractivity contribution in [1.29, 1.82) is 0 Å². The van der Waals surface area contributed by atoms with Crippen molar-refractivity contribution in [2.24, 2.45) is 29.6 Å². The highest BCUT2D eigenvalue weighted by molar-refractivity contribution is 5.33. The van der Waals surface area contributed by atoms with Crippen LogP contribution in [0.1, 0.15) is 37.9 Å². The van der Waals surface area contributed by atoms with Gasteiger partial charge >= 0.3 is 0 Å². The second-order valence-corrected chi connectivity index (χ2v) is 6.69. The van der Waals surface area contributed by atoms with Gasteiger partial charge in [-0.3, -0.25) is 4.98 Å². The van der Waals surface area contributed by atoms with Crippen molar-refractivity contribution >= 4 is 0 Å². The lowest BCUT2D eigenvalue weighted by molar-refractivity contribution is 0.347. The maximum absolute atomic E-state index is 5.54. The molecule has 1 aromatic heterocycles. The second-order valence-electron chi connectivity index (χ2n) is 6.69. The number of methoxy groups -OCH3 is 1. The fourth-order valence-corrected chi connectivity index (χ4v) is 5.28. The fraction of sp³-hybridized carbons (Fsp3) is 0.706. The number of pyridine rings is 1. The van der Waals surface area contributed by atoms with Gasteiger partial charge in [0, 0.05) is 6.20 Å². The Labute approximate surface area is 121 Å². The Bertz CT molecular complexity index is 488. The minimum absolute atomic E-state index is 0.384. The number of rotatable bonds is 5. The topological polar surface area (TPSA) is 34.2 Å². The molecule has 1 heterocycles. The summed E-state index contributed by atoms with van der Waals surface area (Å²) in [6.45, 7) is 3.19. The lowest BCUT2D eigenvalue weighted by Crippen LogP contribution is -2.26. The van der Waals surface area contributed by atoms with Crippen molar-refractivity contribution in [1.82, 2.24) is 10.3 Å². The molecule has 3 saturated carbocycles. The molecular weight excluding hydrogens is 248 g/mol. The Morgan fingerprint density at radius 2 is 2.10 bits per heavy atom. The van der Waals surface area contributed by atoms with Crippen molar-refractivity contribution in [3.63, 3.8) is 0 Å². The van der Waals surface area contributed by atoms with Gasteiger partial charge in [-0.15, -0.1) is 0 Å². The standard InChI is InChI=1S/C17H24N2O/c1-3-18-17(16-12(20-2)5-4-8-19-16)15-13-10-6-7-11(9-10)14(13)15/h4-5,8,10-11,13-15,17-18H,3,6-7,9H2,1-2H3. The van der Waals surface area contributed by atoms with Gasteiger partial charge in [0.2, 0.25) is 0 Å².